The first-order valence-electron chi connectivity index (χ1n) is 5.96. The second-order valence-corrected chi connectivity index (χ2v) is 6.34. The molecule has 1 aromatic rings. The summed E-state index contributed by atoms with van der Waals surface area (Å²) in [7, 11) is -3.67. The molecule has 5 nitrogen and oxygen atoms in total. The second-order valence-electron chi connectivity index (χ2n) is 4.50. The molecule has 6 heteroatoms. The van der Waals surface area contributed by atoms with E-state index in [-0.39, 0.29) is 23.4 Å². The van der Waals surface area contributed by atoms with E-state index in [4.69, 9.17) is 0 Å². The Balaban J connectivity index is 2.36. The smallest absolute Gasteiger partial charge is 0.261 e. The molecular formula is C12H16N2O3S. The lowest BCUT2D eigenvalue weighted by atomic mass is 10.1. The molecular weight excluding hydrogens is 252 g/mol. The Bertz CT molecular complexity index is 528. The average molecular weight is 268 g/mol. The minimum Gasteiger partial charge on any atom is -0.298 e. The third-order valence-corrected chi connectivity index (χ3v) is 4.99. The lowest BCUT2D eigenvalue weighted by molar-refractivity contribution is -0.118. The van der Waals surface area contributed by atoms with Gasteiger partial charge in [0.15, 0.2) is 5.03 Å². The first-order chi connectivity index (χ1) is 8.51. The fourth-order valence-corrected chi connectivity index (χ4v) is 3.67. The van der Waals surface area contributed by atoms with Crippen molar-refractivity contribution in [2.75, 3.05) is 6.54 Å². The van der Waals surface area contributed by atoms with Crippen LogP contribution in [0.3, 0.4) is 0 Å². The van der Waals surface area contributed by atoms with Gasteiger partial charge in [0.1, 0.15) is 5.78 Å². The summed E-state index contributed by atoms with van der Waals surface area (Å²) in [6, 6.07) is 4.58. The summed E-state index contributed by atoms with van der Waals surface area (Å²) >= 11 is 0. The number of carbonyl (C=O) groups is 1. The van der Waals surface area contributed by atoms with Gasteiger partial charge < -0.3 is 0 Å². The minimum atomic E-state index is -3.67. The van der Waals surface area contributed by atoms with Gasteiger partial charge in [-0.2, -0.15) is 4.31 Å². The zero-order valence-electron chi connectivity index (χ0n) is 10.2. The number of ketones is 1. The third kappa shape index (κ3) is 2.59. The SMILES string of the molecule is C[C@@H]1CCCC(=O)CN1S(=O)(=O)c1ccccn1. The molecule has 1 saturated heterocycles. The quantitative estimate of drug-likeness (QED) is 0.808. The molecule has 1 atom stereocenters. The van der Waals surface area contributed by atoms with Gasteiger partial charge in [0.05, 0.1) is 6.54 Å². The molecule has 0 radical (unpaired) electrons. The van der Waals surface area contributed by atoms with Crippen LogP contribution in [0.1, 0.15) is 26.2 Å². The predicted octanol–water partition coefficient (Wildman–Crippen LogP) is 1.21. The topological polar surface area (TPSA) is 67.3 Å². The number of nitrogens with zero attached hydrogens (tertiary/aromatic N) is 2. The fraction of sp³-hybridized carbons (Fsp3) is 0.500. The van der Waals surface area contributed by atoms with Gasteiger partial charge in [-0.15, -0.1) is 0 Å². The maximum Gasteiger partial charge on any atom is 0.261 e. The summed E-state index contributed by atoms with van der Waals surface area (Å²) in [5, 5.41) is 0.00606. The van der Waals surface area contributed by atoms with Crippen molar-refractivity contribution in [3.8, 4) is 0 Å². The molecule has 2 heterocycles. The molecule has 18 heavy (non-hydrogen) atoms. The molecule has 0 saturated carbocycles. The van der Waals surface area contributed by atoms with Gasteiger partial charge in [-0.25, -0.2) is 13.4 Å². The van der Waals surface area contributed by atoms with Crippen LogP contribution in [-0.2, 0) is 14.8 Å². The zero-order valence-corrected chi connectivity index (χ0v) is 11.1. The highest BCUT2D eigenvalue weighted by Gasteiger charge is 2.33. The second kappa shape index (κ2) is 5.16. The van der Waals surface area contributed by atoms with Crippen LogP contribution >= 0.6 is 0 Å². The van der Waals surface area contributed by atoms with E-state index in [1.807, 2.05) is 6.92 Å². The van der Waals surface area contributed by atoms with Gasteiger partial charge >= 0.3 is 0 Å². The van der Waals surface area contributed by atoms with E-state index in [1.54, 1.807) is 12.1 Å². The molecule has 1 aliphatic rings. The van der Waals surface area contributed by atoms with Gasteiger partial charge in [-0.3, -0.25) is 4.79 Å². The normalized spacial score (nSPS) is 22.7. The van der Waals surface area contributed by atoms with Crippen molar-refractivity contribution in [3.05, 3.63) is 24.4 Å². The van der Waals surface area contributed by atoms with E-state index in [0.717, 1.165) is 6.42 Å². The van der Waals surface area contributed by atoms with Crippen LogP contribution in [0.15, 0.2) is 29.4 Å². The van der Waals surface area contributed by atoms with E-state index in [0.29, 0.717) is 12.8 Å². The first kappa shape index (κ1) is 13.2. The zero-order chi connectivity index (χ0) is 13.2. The van der Waals surface area contributed by atoms with Crippen molar-refractivity contribution in [3.63, 3.8) is 0 Å². The van der Waals surface area contributed by atoms with Crippen LogP contribution in [-0.4, -0.2) is 36.1 Å². The van der Waals surface area contributed by atoms with E-state index < -0.39 is 10.0 Å². The summed E-state index contributed by atoms with van der Waals surface area (Å²) in [6.07, 6.45) is 3.35. The van der Waals surface area contributed by atoms with Crippen LogP contribution in [0, 0.1) is 0 Å². The highest BCUT2D eigenvalue weighted by Crippen LogP contribution is 2.22. The Hall–Kier alpha value is -1.27. The summed E-state index contributed by atoms with van der Waals surface area (Å²) in [4.78, 5) is 15.5. The molecule has 98 valence electrons. The van der Waals surface area contributed by atoms with E-state index in [9.17, 15) is 13.2 Å². The first-order valence-corrected chi connectivity index (χ1v) is 7.40. The maximum absolute atomic E-state index is 12.4. The van der Waals surface area contributed by atoms with E-state index >= 15 is 0 Å². The van der Waals surface area contributed by atoms with Crippen LogP contribution in [0.2, 0.25) is 0 Å². The molecule has 1 fully saturated rings. The Kier molecular flexibility index (Phi) is 3.77. The van der Waals surface area contributed by atoms with Gasteiger partial charge in [0, 0.05) is 18.7 Å². The molecule has 0 aromatic carbocycles. The molecule has 0 spiro atoms. The van der Waals surface area contributed by atoms with Crippen molar-refractivity contribution in [1.82, 2.24) is 9.29 Å². The lowest BCUT2D eigenvalue weighted by Gasteiger charge is -2.24. The number of aromatic nitrogens is 1. The Morgan fingerprint density at radius 1 is 1.39 bits per heavy atom. The standard InChI is InChI=1S/C12H16N2O3S/c1-10-5-4-6-11(15)9-14(10)18(16,17)12-7-2-3-8-13-12/h2-3,7-8,10H,4-6,9H2,1H3/t10-/m1/s1. The molecule has 2 rings (SSSR count). The number of pyridine rings is 1. The number of sulfonamides is 1. The number of hydrogen-bond acceptors (Lipinski definition) is 4. The highest BCUT2D eigenvalue weighted by molar-refractivity contribution is 7.89. The van der Waals surface area contributed by atoms with Crippen molar-refractivity contribution in [2.24, 2.45) is 0 Å². The Morgan fingerprint density at radius 2 is 2.17 bits per heavy atom. The van der Waals surface area contributed by atoms with Gasteiger partial charge in [0.2, 0.25) is 0 Å². The van der Waals surface area contributed by atoms with E-state index in [2.05, 4.69) is 4.98 Å². The monoisotopic (exact) mass is 268 g/mol. The number of carbonyl (C=O) groups excluding carboxylic acids is 1. The van der Waals surface area contributed by atoms with Crippen LogP contribution in [0.4, 0.5) is 0 Å². The Morgan fingerprint density at radius 3 is 2.83 bits per heavy atom. The van der Waals surface area contributed by atoms with Crippen molar-refractivity contribution >= 4 is 15.8 Å². The van der Waals surface area contributed by atoms with Gasteiger partial charge in [0.25, 0.3) is 10.0 Å². The largest absolute Gasteiger partial charge is 0.298 e. The van der Waals surface area contributed by atoms with Crippen molar-refractivity contribution in [2.45, 2.75) is 37.3 Å². The number of Topliss-reactive ketones (excluding diaryl/α,β-unsaturated/α-hetero) is 1. The molecule has 0 amide bonds. The summed E-state index contributed by atoms with van der Waals surface area (Å²) < 4.78 is 26.1. The van der Waals surface area contributed by atoms with Gasteiger partial charge in [-0.1, -0.05) is 6.07 Å². The summed E-state index contributed by atoms with van der Waals surface area (Å²) in [5.74, 6) is -0.0288. The van der Waals surface area contributed by atoms with Gasteiger partial charge in [-0.05, 0) is 31.9 Å². The fourth-order valence-electron chi connectivity index (χ4n) is 2.09. The lowest BCUT2D eigenvalue weighted by Crippen LogP contribution is -2.40. The average Bonchev–Trinajstić information content (AvgIpc) is 2.53. The number of hydrogen-bond donors (Lipinski definition) is 0. The molecule has 0 N–H and O–H groups in total. The third-order valence-electron chi connectivity index (χ3n) is 3.11. The van der Waals surface area contributed by atoms with Crippen molar-refractivity contribution < 1.29 is 13.2 Å². The number of rotatable bonds is 2. The van der Waals surface area contributed by atoms with Crippen LogP contribution in [0.25, 0.3) is 0 Å². The molecule has 0 bridgehead atoms. The van der Waals surface area contributed by atoms with Crippen molar-refractivity contribution in [1.29, 1.82) is 0 Å². The minimum absolute atomic E-state index is 0.00606. The van der Waals surface area contributed by atoms with Crippen LogP contribution < -0.4 is 0 Å². The summed E-state index contributed by atoms with van der Waals surface area (Å²) in [6.45, 7) is 1.79. The molecule has 0 unspecified atom stereocenters. The molecule has 1 aromatic heterocycles. The van der Waals surface area contributed by atoms with E-state index in [1.165, 1.54) is 16.6 Å². The predicted molar refractivity (Wildman–Crippen MR) is 66.4 cm³/mol. The molecule has 0 aliphatic carbocycles. The Labute approximate surface area is 107 Å². The summed E-state index contributed by atoms with van der Waals surface area (Å²) in [5.41, 5.74) is 0. The highest BCUT2D eigenvalue weighted by atomic mass is 32.2. The molecule has 1 aliphatic heterocycles. The van der Waals surface area contributed by atoms with Crippen LogP contribution in [0.5, 0.6) is 0 Å². The maximum atomic E-state index is 12.4.